The second kappa shape index (κ2) is 10.2. The maximum Gasteiger partial charge on any atom is 0.191 e. The normalized spacial score (nSPS) is 13.1. The summed E-state index contributed by atoms with van der Waals surface area (Å²) in [6.07, 6.45) is 0. The molecule has 4 nitrogen and oxygen atoms in total. The zero-order chi connectivity index (χ0) is 18.1. The molecule has 0 amide bonds. The van der Waals surface area contributed by atoms with Crippen molar-refractivity contribution < 1.29 is 0 Å². The molecule has 2 aromatic rings. The topological polar surface area (TPSA) is 39.7 Å². The average molecular weight is 359 g/mol. The Morgan fingerprint density at radius 2 is 2.04 bits per heavy atom. The van der Waals surface area contributed by atoms with Crippen LogP contribution in [0.25, 0.3) is 0 Å². The molecule has 0 aliphatic rings. The first kappa shape index (κ1) is 19.5. The second-order valence-electron chi connectivity index (χ2n) is 6.41. The fourth-order valence-corrected chi connectivity index (χ4v) is 3.37. The third-order valence-corrected chi connectivity index (χ3v) is 5.06. The number of guanidine groups is 1. The van der Waals surface area contributed by atoms with Gasteiger partial charge < -0.3 is 15.5 Å². The van der Waals surface area contributed by atoms with Crippen molar-refractivity contribution in [3.63, 3.8) is 0 Å². The number of hydrogen-bond acceptors (Lipinski definition) is 3. The summed E-state index contributed by atoms with van der Waals surface area (Å²) in [4.78, 5) is 6.63. The van der Waals surface area contributed by atoms with Crippen LogP contribution in [-0.4, -0.2) is 38.0 Å². The molecule has 0 spiro atoms. The first-order valence-electron chi connectivity index (χ1n) is 8.85. The van der Waals surface area contributed by atoms with Crippen molar-refractivity contribution in [2.24, 2.45) is 4.99 Å². The maximum absolute atomic E-state index is 4.33. The standard InChI is InChI=1S/C20H30N4S/c1-5-24(4)14-18-8-6-7-17(11-18)13-23-20(21-3)22-12-16(2)19-9-10-25-15-19/h6-11,15-16H,5,12-14H2,1-4H3,(H2,21,22,23). The zero-order valence-electron chi connectivity index (χ0n) is 15.7. The molecular formula is C20H30N4S. The minimum absolute atomic E-state index is 0.470. The zero-order valence-corrected chi connectivity index (χ0v) is 16.6. The predicted octanol–water partition coefficient (Wildman–Crippen LogP) is 3.67. The summed E-state index contributed by atoms with van der Waals surface area (Å²) in [5, 5.41) is 11.2. The molecule has 1 aromatic carbocycles. The summed E-state index contributed by atoms with van der Waals surface area (Å²) in [6.45, 7) is 8.10. The Bertz CT molecular complexity index is 651. The smallest absolute Gasteiger partial charge is 0.191 e. The molecule has 2 rings (SSSR count). The highest BCUT2D eigenvalue weighted by molar-refractivity contribution is 7.07. The van der Waals surface area contributed by atoms with E-state index in [9.17, 15) is 0 Å². The molecule has 0 aliphatic heterocycles. The molecule has 1 atom stereocenters. The van der Waals surface area contributed by atoms with Crippen LogP contribution in [-0.2, 0) is 13.1 Å². The summed E-state index contributed by atoms with van der Waals surface area (Å²) in [5.41, 5.74) is 3.99. The van der Waals surface area contributed by atoms with E-state index in [2.05, 4.69) is 82.5 Å². The van der Waals surface area contributed by atoms with Gasteiger partial charge in [0.05, 0.1) is 0 Å². The number of rotatable bonds is 8. The van der Waals surface area contributed by atoms with Crippen LogP contribution in [0.4, 0.5) is 0 Å². The molecule has 0 bridgehead atoms. The van der Waals surface area contributed by atoms with Gasteiger partial charge in [-0.05, 0) is 53.0 Å². The van der Waals surface area contributed by atoms with Gasteiger partial charge in [0.1, 0.15) is 0 Å². The van der Waals surface area contributed by atoms with Gasteiger partial charge >= 0.3 is 0 Å². The average Bonchev–Trinajstić information content (AvgIpc) is 3.16. The number of nitrogens with one attached hydrogen (secondary N) is 2. The van der Waals surface area contributed by atoms with Crippen molar-refractivity contribution in [1.29, 1.82) is 0 Å². The van der Waals surface area contributed by atoms with Crippen molar-refractivity contribution in [2.45, 2.75) is 32.9 Å². The molecule has 2 N–H and O–H groups in total. The Balaban J connectivity index is 1.83. The number of benzene rings is 1. The Kier molecular flexibility index (Phi) is 7.95. The molecule has 0 radical (unpaired) electrons. The second-order valence-corrected chi connectivity index (χ2v) is 7.19. The summed E-state index contributed by atoms with van der Waals surface area (Å²) in [5.74, 6) is 1.32. The summed E-state index contributed by atoms with van der Waals surface area (Å²) < 4.78 is 0. The summed E-state index contributed by atoms with van der Waals surface area (Å²) in [6, 6.07) is 10.9. The Morgan fingerprint density at radius 1 is 1.24 bits per heavy atom. The molecule has 0 fully saturated rings. The lowest BCUT2D eigenvalue weighted by molar-refractivity contribution is 0.345. The molecule has 0 aliphatic carbocycles. The van der Waals surface area contributed by atoms with E-state index in [1.165, 1.54) is 16.7 Å². The highest BCUT2D eigenvalue weighted by Crippen LogP contribution is 2.17. The predicted molar refractivity (Wildman–Crippen MR) is 109 cm³/mol. The largest absolute Gasteiger partial charge is 0.356 e. The lowest BCUT2D eigenvalue weighted by Crippen LogP contribution is -2.38. The van der Waals surface area contributed by atoms with Gasteiger partial charge in [0.2, 0.25) is 0 Å². The minimum atomic E-state index is 0.470. The maximum atomic E-state index is 4.33. The number of thiophene rings is 1. The molecule has 1 unspecified atom stereocenters. The van der Waals surface area contributed by atoms with Crippen LogP contribution >= 0.6 is 11.3 Å². The highest BCUT2D eigenvalue weighted by Gasteiger charge is 2.07. The quantitative estimate of drug-likeness (QED) is 0.559. The third-order valence-electron chi connectivity index (χ3n) is 4.36. The molecule has 0 saturated heterocycles. The van der Waals surface area contributed by atoms with E-state index < -0.39 is 0 Å². The van der Waals surface area contributed by atoms with E-state index >= 15 is 0 Å². The van der Waals surface area contributed by atoms with Crippen LogP contribution in [0.3, 0.4) is 0 Å². The van der Waals surface area contributed by atoms with Gasteiger partial charge in [0.25, 0.3) is 0 Å². The van der Waals surface area contributed by atoms with Crippen molar-refractivity contribution in [3.05, 3.63) is 57.8 Å². The number of hydrogen-bond donors (Lipinski definition) is 2. The van der Waals surface area contributed by atoms with Gasteiger partial charge in [-0.1, -0.05) is 38.1 Å². The Morgan fingerprint density at radius 3 is 2.72 bits per heavy atom. The van der Waals surface area contributed by atoms with E-state index in [0.29, 0.717) is 5.92 Å². The van der Waals surface area contributed by atoms with E-state index in [-0.39, 0.29) is 0 Å². The Labute approximate surface area is 156 Å². The molecule has 1 heterocycles. The molecule has 1 aromatic heterocycles. The third kappa shape index (κ3) is 6.52. The van der Waals surface area contributed by atoms with Gasteiger partial charge in [0, 0.05) is 26.7 Å². The summed E-state index contributed by atoms with van der Waals surface area (Å²) in [7, 11) is 3.96. The highest BCUT2D eigenvalue weighted by atomic mass is 32.1. The SMILES string of the molecule is CCN(C)Cc1cccc(CNC(=NC)NCC(C)c2ccsc2)c1. The number of nitrogens with zero attached hydrogens (tertiary/aromatic N) is 2. The van der Waals surface area contributed by atoms with Crippen LogP contribution in [0.2, 0.25) is 0 Å². The monoisotopic (exact) mass is 358 g/mol. The van der Waals surface area contributed by atoms with Crippen molar-refractivity contribution in [3.8, 4) is 0 Å². The van der Waals surface area contributed by atoms with Gasteiger partial charge in [-0.3, -0.25) is 4.99 Å². The van der Waals surface area contributed by atoms with Crippen LogP contribution in [0, 0.1) is 0 Å². The molecule has 136 valence electrons. The Hall–Kier alpha value is -1.85. The van der Waals surface area contributed by atoms with Crippen molar-refractivity contribution in [1.82, 2.24) is 15.5 Å². The van der Waals surface area contributed by atoms with Crippen LogP contribution in [0.15, 0.2) is 46.1 Å². The van der Waals surface area contributed by atoms with E-state index in [4.69, 9.17) is 0 Å². The molecule has 0 saturated carbocycles. The lowest BCUT2D eigenvalue weighted by Gasteiger charge is -2.17. The van der Waals surface area contributed by atoms with E-state index in [0.717, 1.165) is 32.1 Å². The molecule has 5 heteroatoms. The van der Waals surface area contributed by atoms with Gasteiger partial charge in [-0.15, -0.1) is 0 Å². The van der Waals surface area contributed by atoms with Crippen molar-refractivity contribution >= 4 is 17.3 Å². The van der Waals surface area contributed by atoms with Gasteiger partial charge in [-0.25, -0.2) is 0 Å². The fraction of sp³-hybridized carbons (Fsp3) is 0.450. The van der Waals surface area contributed by atoms with Crippen molar-refractivity contribution in [2.75, 3.05) is 27.2 Å². The first-order valence-corrected chi connectivity index (χ1v) is 9.79. The molecule has 25 heavy (non-hydrogen) atoms. The van der Waals surface area contributed by atoms with E-state index in [1.807, 2.05) is 7.05 Å². The number of aliphatic imine (C=N–C) groups is 1. The van der Waals surface area contributed by atoms with Crippen LogP contribution in [0.1, 0.15) is 36.5 Å². The van der Waals surface area contributed by atoms with Crippen LogP contribution in [0.5, 0.6) is 0 Å². The molecular weight excluding hydrogens is 328 g/mol. The van der Waals surface area contributed by atoms with Gasteiger partial charge in [0.15, 0.2) is 5.96 Å². The van der Waals surface area contributed by atoms with Crippen LogP contribution < -0.4 is 10.6 Å². The lowest BCUT2D eigenvalue weighted by atomic mass is 10.1. The fourth-order valence-electron chi connectivity index (χ4n) is 2.59. The van der Waals surface area contributed by atoms with E-state index in [1.54, 1.807) is 11.3 Å². The minimum Gasteiger partial charge on any atom is -0.356 e. The summed E-state index contributed by atoms with van der Waals surface area (Å²) >= 11 is 1.75. The van der Waals surface area contributed by atoms with Gasteiger partial charge in [-0.2, -0.15) is 11.3 Å². The first-order chi connectivity index (χ1) is 12.1.